The fourth-order valence-corrected chi connectivity index (χ4v) is 5.18. The maximum absolute atomic E-state index is 14.4. The Morgan fingerprint density at radius 2 is 1.89 bits per heavy atom. The van der Waals surface area contributed by atoms with E-state index < -0.39 is 32.6 Å². The second-order valence-corrected chi connectivity index (χ2v) is 9.52. The smallest absolute Gasteiger partial charge is 0.267 e. The van der Waals surface area contributed by atoms with Crippen molar-refractivity contribution in [2.24, 2.45) is 5.92 Å². The molecule has 3 rings (SSSR count). The van der Waals surface area contributed by atoms with Gasteiger partial charge in [-0.05, 0) is 50.8 Å². The molecule has 2 aliphatic rings. The number of halogens is 2. The van der Waals surface area contributed by atoms with Gasteiger partial charge in [-0.1, -0.05) is 24.4 Å². The number of sulfonamides is 1. The third-order valence-corrected chi connectivity index (χ3v) is 7.29. The number of ether oxygens (including phenoxy) is 1. The number of carbonyl (C=O) groups excluding carboxylic acids is 1. The second kappa shape index (κ2) is 8.75. The van der Waals surface area contributed by atoms with Gasteiger partial charge in [0, 0.05) is 6.07 Å². The summed E-state index contributed by atoms with van der Waals surface area (Å²) < 4.78 is 46.7. The summed E-state index contributed by atoms with van der Waals surface area (Å²) in [5.41, 5.74) is -0.411. The Balaban J connectivity index is 1.68. The van der Waals surface area contributed by atoms with Crippen LogP contribution in [0.15, 0.2) is 12.1 Å². The first-order chi connectivity index (χ1) is 12.9. The Kier molecular flexibility index (Phi) is 6.60. The zero-order valence-electron chi connectivity index (χ0n) is 15.0. The van der Waals surface area contributed by atoms with Gasteiger partial charge >= 0.3 is 0 Å². The maximum Gasteiger partial charge on any atom is 0.267 e. The first-order valence-corrected chi connectivity index (χ1v) is 11.2. The molecule has 0 unspecified atom stereocenters. The number of rotatable bonds is 6. The lowest BCUT2D eigenvalue weighted by Crippen LogP contribution is -2.43. The summed E-state index contributed by atoms with van der Waals surface area (Å²) in [7, 11) is -3.87. The quantitative estimate of drug-likeness (QED) is 0.742. The highest BCUT2D eigenvalue weighted by Crippen LogP contribution is 2.31. The predicted octanol–water partition coefficient (Wildman–Crippen LogP) is 2.86. The number of hydrogen-bond acceptors (Lipinski definition) is 5. The number of benzene rings is 1. The van der Waals surface area contributed by atoms with Crippen molar-refractivity contribution < 1.29 is 22.3 Å². The monoisotopic (exact) mass is 418 g/mol. The lowest BCUT2D eigenvalue weighted by Gasteiger charge is -2.22. The van der Waals surface area contributed by atoms with Crippen molar-refractivity contribution in [1.82, 2.24) is 10.0 Å². The summed E-state index contributed by atoms with van der Waals surface area (Å²) in [6.45, 7) is 1.58. The highest BCUT2D eigenvalue weighted by molar-refractivity contribution is 7.90. The van der Waals surface area contributed by atoms with E-state index in [9.17, 15) is 17.6 Å². The van der Waals surface area contributed by atoms with Gasteiger partial charge in [-0.15, -0.1) is 0 Å². The van der Waals surface area contributed by atoms with E-state index in [1.165, 1.54) is 12.8 Å². The van der Waals surface area contributed by atoms with Crippen LogP contribution in [-0.4, -0.2) is 39.3 Å². The van der Waals surface area contributed by atoms with Gasteiger partial charge in [0.05, 0.1) is 22.4 Å². The minimum absolute atomic E-state index is 0.0822. The normalized spacial score (nSPS) is 19.2. The molecule has 0 radical (unpaired) electrons. The molecular weight excluding hydrogens is 395 g/mol. The molecule has 9 heteroatoms. The zero-order chi connectivity index (χ0) is 19.4. The number of nitrogens with one attached hydrogen (secondary N) is 2. The van der Waals surface area contributed by atoms with Crippen LogP contribution in [0.25, 0.3) is 0 Å². The Labute approximate surface area is 163 Å². The molecule has 0 atom stereocenters. The van der Waals surface area contributed by atoms with E-state index >= 15 is 0 Å². The van der Waals surface area contributed by atoms with Crippen LogP contribution in [0.1, 0.15) is 48.9 Å². The van der Waals surface area contributed by atoms with E-state index in [4.69, 9.17) is 16.3 Å². The van der Waals surface area contributed by atoms with E-state index in [2.05, 4.69) is 5.32 Å². The Bertz CT molecular complexity index is 791. The highest BCUT2D eigenvalue weighted by Gasteiger charge is 2.30. The molecule has 6 nitrogen and oxygen atoms in total. The predicted molar refractivity (Wildman–Crippen MR) is 101 cm³/mol. The SMILES string of the molecule is O=C(NS(=O)(=O)C1CCNCC1)c1cc(Cl)c(OCC2CCCC2)cc1F. The summed E-state index contributed by atoms with van der Waals surface area (Å²) in [6, 6.07) is 2.16. The second-order valence-electron chi connectivity index (χ2n) is 7.15. The third kappa shape index (κ3) is 5.12. The lowest BCUT2D eigenvalue weighted by molar-refractivity contribution is 0.0977. The summed E-state index contributed by atoms with van der Waals surface area (Å²) in [5, 5.41) is 2.47. The van der Waals surface area contributed by atoms with Crippen molar-refractivity contribution in [3.63, 3.8) is 0 Å². The molecule has 1 heterocycles. The molecule has 0 spiro atoms. The van der Waals surface area contributed by atoms with Gasteiger partial charge in [-0.3, -0.25) is 4.79 Å². The van der Waals surface area contributed by atoms with Gasteiger partial charge in [0.1, 0.15) is 11.6 Å². The topological polar surface area (TPSA) is 84.5 Å². The van der Waals surface area contributed by atoms with Crippen molar-refractivity contribution in [3.05, 3.63) is 28.5 Å². The van der Waals surface area contributed by atoms with Gasteiger partial charge in [-0.2, -0.15) is 0 Å². The summed E-state index contributed by atoms with van der Waals surface area (Å²) in [4.78, 5) is 12.3. The molecule has 0 aromatic heterocycles. The van der Waals surface area contributed by atoms with Crippen molar-refractivity contribution in [3.8, 4) is 5.75 Å². The summed E-state index contributed by atoms with van der Waals surface area (Å²) >= 11 is 6.12. The molecule has 1 amide bonds. The first-order valence-electron chi connectivity index (χ1n) is 9.25. The van der Waals surface area contributed by atoms with E-state index in [1.807, 2.05) is 4.72 Å². The molecule has 0 bridgehead atoms. The van der Waals surface area contributed by atoms with Crippen LogP contribution in [0, 0.1) is 11.7 Å². The van der Waals surface area contributed by atoms with Gasteiger partial charge in [-0.25, -0.2) is 17.5 Å². The van der Waals surface area contributed by atoms with Crippen molar-refractivity contribution in [2.75, 3.05) is 19.7 Å². The van der Waals surface area contributed by atoms with Gasteiger partial charge < -0.3 is 10.1 Å². The average Bonchev–Trinajstić information content (AvgIpc) is 3.16. The largest absolute Gasteiger partial charge is 0.492 e. The van der Waals surface area contributed by atoms with Crippen molar-refractivity contribution in [1.29, 1.82) is 0 Å². The molecule has 2 N–H and O–H groups in total. The van der Waals surface area contributed by atoms with E-state index in [0.717, 1.165) is 25.0 Å². The third-order valence-electron chi connectivity index (χ3n) is 5.18. The molecule has 2 fully saturated rings. The van der Waals surface area contributed by atoms with Crippen molar-refractivity contribution >= 4 is 27.5 Å². The fourth-order valence-electron chi connectivity index (χ4n) is 3.57. The molecule has 1 saturated carbocycles. The Hall–Kier alpha value is -1.38. The Morgan fingerprint density at radius 3 is 2.56 bits per heavy atom. The minimum atomic E-state index is -3.87. The fraction of sp³-hybridized carbons (Fsp3) is 0.611. The molecular formula is C18H24ClFN2O4S. The van der Waals surface area contributed by atoms with Crippen LogP contribution >= 0.6 is 11.6 Å². The standard InChI is InChI=1S/C18H24ClFN2O4S/c19-15-9-14(16(20)10-17(15)26-11-12-3-1-2-4-12)18(23)22-27(24,25)13-5-7-21-8-6-13/h9-10,12-13,21H,1-8,11H2,(H,22,23). The van der Waals surface area contributed by atoms with Crippen LogP contribution in [0.4, 0.5) is 4.39 Å². The van der Waals surface area contributed by atoms with Crippen LogP contribution in [0.5, 0.6) is 5.75 Å². The van der Waals surface area contributed by atoms with E-state index in [-0.39, 0.29) is 10.8 Å². The summed E-state index contributed by atoms with van der Waals surface area (Å²) in [5.74, 6) is -1.28. The van der Waals surface area contributed by atoms with Crippen molar-refractivity contribution in [2.45, 2.75) is 43.8 Å². The molecule has 27 heavy (non-hydrogen) atoms. The number of piperidine rings is 1. The molecule has 150 valence electrons. The average molecular weight is 419 g/mol. The van der Waals surface area contributed by atoms with Crippen LogP contribution in [0.3, 0.4) is 0 Å². The van der Waals surface area contributed by atoms with Gasteiger partial charge in [0.2, 0.25) is 10.0 Å². The molecule has 1 aliphatic carbocycles. The van der Waals surface area contributed by atoms with Gasteiger partial charge in [0.15, 0.2) is 0 Å². The number of carbonyl (C=O) groups is 1. The van der Waals surface area contributed by atoms with Crippen LogP contribution < -0.4 is 14.8 Å². The maximum atomic E-state index is 14.4. The van der Waals surface area contributed by atoms with Gasteiger partial charge in [0.25, 0.3) is 5.91 Å². The highest BCUT2D eigenvalue weighted by atomic mass is 35.5. The molecule has 1 aromatic carbocycles. The lowest BCUT2D eigenvalue weighted by atomic mass is 10.1. The Morgan fingerprint density at radius 1 is 1.22 bits per heavy atom. The minimum Gasteiger partial charge on any atom is -0.492 e. The molecule has 1 saturated heterocycles. The first kappa shape index (κ1) is 20.4. The molecule has 1 aromatic rings. The van der Waals surface area contributed by atoms with Crippen LogP contribution in [-0.2, 0) is 10.0 Å². The summed E-state index contributed by atoms with van der Waals surface area (Å²) in [6.07, 6.45) is 5.30. The zero-order valence-corrected chi connectivity index (χ0v) is 16.5. The van der Waals surface area contributed by atoms with E-state index in [1.54, 1.807) is 0 Å². The number of amides is 1. The number of hydrogen-bond donors (Lipinski definition) is 2. The molecule has 1 aliphatic heterocycles. The van der Waals surface area contributed by atoms with E-state index in [0.29, 0.717) is 38.5 Å². The van der Waals surface area contributed by atoms with Crippen LogP contribution in [0.2, 0.25) is 5.02 Å².